The molecule has 1 aliphatic carbocycles. The van der Waals surface area contributed by atoms with Crippen molar-refractivity contribution in [3.05, 3.63) is 23.9 Å². The van der Waals surface area contributed by atoms with E-state index in [4.69, 9.17) is 5.11 Å². The van der Waals surface area contributed by atoms with Gasteiger partial charge in [-0.3, -0.25) is 4.90 Å². The van der Waals surface area contributed by atoms with Crippen LogP contribution in [0.2, 0.25) is 0 Å². The summed E-state index contributed by atoms with van der Waals surface area (Å²) in [7, 11) is 0. The summed E-state index contributed by atoms with van der Waals surface area (Å²) < 4.78 is 0. The third-order valence-corrected chi connectivity index (χ3v) is 3.70. The van der Waals surface area contributed by atoms with Crippen molar-refractivity contribution in [2.75, 3.05) is 31.1 Å². The first kappa shape index (κ1) is 11.5. The predicted molar refractivity (Wildman–Crippen MR) is 68.0 cm³/mol. The molecule has 2 aliphatic rings. The molecule has 1 saturated carbocycles. The molecular formula is C13H17N3O2. The van der Waals surface area contributed by atoms with Crippen LogP contribution in [0.15, 0.2) is 18.3 Å². The zero-order chi connectivity index (χ0) is 12.5. The van der Waals surface area contributed by atoms with Gasteiger partial charge >= 0.3 is 5.97 Å². The third kappa shape index (κ3) is 2.31. The zero-order valence-electron chi connectivity index (χ0n) is 10.2. The Hall–Kier alpha value is -1.62. The maximum atomic E-state index is 10.8. The Morgan fingerprint density at radius 1 is 1.22 bits per heavy atom. The van der Waals surface area contributed by atoms with Crippen molar-refractivity contribution in [1.29, 1.82) is 0 Å². The minimum absolute atomic E-state index is 0.246. The average molecular weight is 247 g/mol. The van der Waals surface area contributed by atoms with Crippen LogP contribution in [0, 0.1) is 0 Å². The molecule has 1 aliphatic heterocycles. The van der Waals surface area contributed by atoms with Crippen LogP contribution < -0.4 is 4.90 Å². The lowest BCUT2D eigenvalue weighted by Crippen LogP contribution is -2.47. The van der Waals surface area contributed by atoms with E-state index in [1.807, 2.05) is 0 Å². The van der Waals surface area contributed by atoms with Crippen LogP contribution in [0.4, 0.5) is 5.82 Å². The van der Waals surface area contributed by atoms with Gasteiger partial charge in [-0.25, -0.2) is 9.78 Å². The van der Waals surface area contributed by atoms with Gasteiger partial charge in [0.2, 0.25) is 0 Å². The fraction of sp³-hybridized carbons (Fsp3) is 0.538. The van der Waals surface area contributed by atoms with Gasteiger partial charge in [0.1, 0.15) is 5.82 Å². The maximum Gasteiger partial charge on any atom is 0.337 e. The Kier molecular flexibility index (Phi) is 2.91. The molecule has 0 amide bonds. The van der Waals surface area contributed by atoms with Crippen LogP contribution in [-0.4, -0.2) is 53.2 Å². The lowest BCUT2D eigenvalue weighted by Gasteiger charge is -2.35. The number of aromatic carboxylic acids is 1. The first-order chi connectivity index (χ1) is 8.74. The molecule has 0 radical (unpaired) electrons. The molecule has 3 rings (SSSR count). The van der Waals surface area contributed by atoms with Gasteiger partial charge in [0.05, 0.1) is 5.56 Å². The molecule has 2 heterocycles. The Bertz CT molecular complexity index is 434. The van der Waals surface area contributed by atoms with Gasteiger partial charge in [-0.15, -0.1) is 0 Å². The number of carbonyl (C=O) groups is 1. The second-order valence-corrected chi connectivity index (χ2v) is 4.96. The number of aromatic nitrogens is 1. The number of anilines is 1. The summed E-state index contributed by atoms with van der Waals surface area (Å²) >= 11 is 0. The number of hydrogen-bond acceptors (Lipinski definition) is 4. The van der Waals surface area contributed by atoms with Crippen molar-refractivity contribution in [3.8, 4) is 0 Å². The summed E-state index contributed by atoms with van der Waals surface area (Å²) in [5.41, 5.74) is 0.246. The molecule has 0 unspecified atom stereocenters. The van der Waals surface area contributed by atoms with Gasteiger partial charge < -0.3 is 10.0 Å². The van der Waals surface area contributed by atoms with E-state index in [0.717, 1.165) is 38.0 Å². The molecule has 1 aromatic heterocycles. The van der Waals surface area contributed by atoms with Gasteiger partial charge in [-0.05, 0) is 25.0 Å². The molecule has 18 heavy (non-hydrogen) atoms. The van der Waals surface area contributed by atoms with Crippen LogP contribution in [0.5, 0.6) is 0 Å². The number of piperazine rings is 1. The van der Waals surface area contributed by atoms with E-state index in [2.05, 4.69) is 14.8 Å². The van der Waals surface area contributed by atoms with Crippen LogP contribution in [-0.2, 0) is 0 Å². The van der Waals surface area contributed by atoms with E-state index >= 15 is 0 Å². The summed E-state index contributed by atoms with van der Waals surface area (Å²) in [6.45, 7) is 4.14. The van der Waals surface area contributed by atoms with E-state index in [1.165, 1.54) is 19.0 Å². The summed E-state index contributed by atoms with van der Waals surface area (Å²) in [6.07, 6.45) is 4.14. The highest BCUT2D eigenvalue weighted by Crippen LogP contribution is 2.28. The maximum absolute atomic E-state index is 10.8. The lowest BCUT2D eigenvalue weighted by atomic mass is 10.2. The zero-order valence-corrected chi connectivity index (χ0v) is 10.2. The minimum atomic E-state index is -0.924. The molecule has 5 heteroatoms. The highest BCUT2D eigenvalue weighted by Gasteiger charge is 2.31. The van der Waals surface area contributed by atoms with Crippen molar-refractivity contribution in [2.24, 2.45) is 0 Å². The van der Waals surface area contributed by atoms with Crippen LogP contribution in [0.3, 0.4) is 0 Å². The number of pyridine rings is 1. The summed E-state index contributed by atoms with van der Waals surface area (Å²) in [4.78, 5) is 19.8. The molecule has 0 aromatic carbocycles. The number of rotatable bonds is 3. The molecule has 1 saturated heterocycles. The Morgan fingerprint density at radius 2 is 1.94 bits per heavy atom. The van der Waals surface area contributed by atoms with Crippen molar-refractivity contribution in [3.63, 3.8) is 0 Å². The van der Waals surface area contributed by atoms with Crippen molar-refractivity contribution in [2.45, 2.75) is 18.9 Å². The van der Waals surface area contributed by atoms with Gasteiger partial charge in [0.15, 0.2) is 0 Å². The highest BCUT2D eigenvalue weighted by molar-refractivity contribution is 5.87. The number of nitrogens with zero attached hydrogens (tertiary/aromatic N) is 3. The van der Waals surface area contributed by atoms with Gasteiger partial charge in [0, 0.05) is 38.4 Å². The largest absolute Gasteiger partial charge is 0.478 e. The summed E-state index contributed by atoms with van der Waals surface area (Å²) in [5, 5.41) is 8.83. The van der Waals surface area contributed by atoms with E-state index in [9.17, 15) is 4.79 Å². The Balaban J connectivity index is 1.62. The lowest BCUT2D eigenvalue weighted by molar-refractivity contribution is 0.0696. The topological polar surface area (TPSA) is 56.7 Å². The number of carboxylic acid groups (broad SMARTS) is 1. The van der Waals surface area contributed by atoms with Gasteiger partial charge in [-0.1, -0.05) is 0 Å². The second kappa shape index (κ2) is 4.57. The number of hydrogen-bond donors (Lipinski definition) is 1. The number of carboxylic acids is 1. The van der Waals surface area contributed by atoms with Crippen LogP contribution in [0.1, 0.15) is 23.2 Å². The Labute approximate surface area is 106 Å². The smallest absolute Gasteiger partial charge is 0.337 e. The summed E-state index contributed by atoms with van der Waals surface area (Å²) in [5.74, 6) is -0.0388. The molecular weight excluding hydrogens is 230 g/mol. The first-order valence-corrected chi connectivity index (χ1v) is 6.42. The predicted octanol–water partition coefficient (Wildman–Crippen LogP) is 1.06. The van der Waals surface area contributed by atoms with E-state index in [1.54, 1.807) is 12.1 Å². The fourth-order valence-corrected chi connectivity index (χ4v) is 2.46. The average Bonchev–Trinajstić information content (AvgIpc) is 3.23. The second-order valence-electron chi connectivity index (χ2n) is 4.96. The molecule has 2 fully saturated rings. The molecule has 1 aromatic rings. The monoisotopic (exact) mass is 247 g/mol. The van der Waals surface area contributed by atoms with Crippen LogP contribution >= 0.6 is 0 Å². The molecule has 1 N–H and O–H groups in total. The van der Waals surface area contributed by atoms with Crippen molar-refractivity contribution < 1.29 is 9.90 Å². The summed E-state index contributed by atoms with van der Waals surface area (Å²) in [6, 6.07) is 4.25. The van der Waals surface area contributed by atoms with Crippen molar-refractivity contribution in [1.82, 2.24) is 9.88 Å². The molecule has 0 bridgehead atoms. The quantitative estimate of drug-likeness (QED) is 0.865. The van der Waals surface area contributed by atoms with Crippen molar-refractivity contribution >= 4 is 11.8 Å². The fourth-order valence-electron chi connectivity index (χ4n) is 2.46. The molecule has 5 nitrogen and oxygen atoms in total. The van der Waals surface area contributed by atoms with E-state index in [-0.39, 0.29) is 5.56 Å². The molecule has 96 valence electrons. The Morgan fingerprint density at radius 3 is 2.44 bits per heavy atom. The normalized spacial score (nSPS) is 21.0. The standard InChI is InChI=1S/C13H17N3O2/c17-13(18)10-1-4-12(14-9-10)16-7-5-15(6-8-16)11-2-3-11/h1,4,9,11H,2-3,5-8H2,(H,17,18). The van der Waals surface area contributed by atoms with Crippen LogP contribution in [0.25, 0.3) is 0 Å². The highest BCUT2D eigenvalue weighted by atomic mass is 16.4. The molecule has 0 atom stereocenters. The van der Waals surface area contributed by atoms with E-state index < -0.39 is 5.97 Å². The molecule has 0 spiro atoms. The first-order valence-electron chi connectivity index (χ1n) is 6.42. The van der Waals surface area contributed by atoms with Gasteiger partial charge in [-0.2, -0.15) is 0 Å². The van der Waals surface area contributed by atoms with Gasteiger partial charge in [0.25, 0.3) is 0 Å². The van der Waals surface area contributed by atoms with E-state index in [0.29, 0.717) is 0 Å². The third-order valence-electron chi connectivity index (χ3n) is 3.70. The minimum Gasteiger partial charge on any atom is -0.478 e. The SMILES string of the molecule is O=C(O)c1ccc(N2CCN(C3CC3)CC2)nc1.